The fourth-order valence-electron chi connectivity index (χ4n) is 4.39. The van der Waals surface area contributed by atoms with Crippen molar-refractivity contribution in [3.8, 4) is 11.5 Å². The van der Waals surface area contributed by atoms with Gasteiger partial charge in [0.2, 0.25) is 12.7 Å². The number of benzene rings is 1. The summed E-state index contributed by atoms with van der Waals surface area (Å²) in [6, 6.07) is 6.84. The Morgan fingerprint density at radius 2 is 1.77 bits per heavy atom. The SMILES string of the molecule is CN(C)C(=O)CN1CCCC(N2CCN(Cc3ccc4c(c3)OCO4)CC2)C1.Cl.Cl. The lowest BCUT2D eigenvalue weighted by atomic mass is 10.0. The Balaban J connectivity index is 0.00000160. The number of piperazine rings is 1. The number of likely N-dealkylation sites (tertiary alicyclic amines) is 1. The Morgan fingerprint density at radius 1 is 1.03 bits per heavy atom. The molecule has 0 saturated carbocycles. The van der Waals surface area contributed by atoms with Gasteiger partial charge in [0.1, 0.15) is 0 Å². The van der Waals surface area contributed by atoms with Gasteiger partial charge in [-0.1, -0.05) is 6.07 Å². The second kappa shape index (κ2) is 11.4. The Morgan fingerprint density at radius 3 is 2.50 bits per heavy atom. The molecule has 0 radical (unpaired) electrons. The van der Waals surface area contributed by atoms with Crippen LogP contribution in [0.3, 0.4) is 0 Å². The zero-order valence-corrected chi connectivity index (χ0v) is 19.6. The van der Waals surface area contributed by atoms with Crippen LogP contribution in [0.5, 0.6) is 11.5 Å². The van der Waals surface area contributed by atoms with E-state index in [9.17, 15) is 4.79 Å². The summed E-state index contributed by atoms with van der Waals surface area (Å²) < 4.78 is 10.9. The normalized spacial score (nSPS) is 22.1. The smallest absolute Gasteiger partial charge is 0.236 e. The molecule has 3 heterocycles. The van der Waals surface area contributed by atoms with E-state index in [0.29, 0.717) is 19.4 Å². The molecule has 3 aliphatic heterocycles. The fourth-order valence-corrected chi connectivity index (χ4v) is 4.39. The average Bonchev–Trinajstić information content (AvgIpc) is 3.16. The minimum atomic E-state index is 0. The molecule has 2 saturated heterocycles. The van der Waals surface area contributed by atoms with Crippen molar-refractivity contribution >= 4 is 30.7 Å². The van der Waals surface area contributed by atoms with Crippen LogP contribution in [-0.4, -0.2) is 98.3 Å². The lowest BCUT2D eigenvalue weighted by molar-refractivity contribution is -0.130. The van der Waals surface area contributed by atoms with Crippen molar-refractivity contribution in [2.75, 3.05) is 66.7 Å². The number of carbonyl (C=O) groups is 1. The maximum Gasteiger partial charge on any atom is 0.236 e. The molecular formula is C21H34Cl2N4O3. The predicted molar refractivity (Wildman–Crippen MR) is 122 cm³/mol. The number of piperidine rings is 1. The Labute approximate surface area is 192 Å². The average molecular weight is 461 g/mol. The quantitative estimate of drug-likeness (QED) is 0.668. The van der Waals surface area contributed by atoms with E-state index in [1.165, 1.54) is 18.4 Å². The Hall–Kier alpha value is -1.25. The summed E-state index contributed by atoms with van der Waals surface area (Å²) in [7, 11) is 3.67. The Bertz CT molecular complexity index is 699. The van der Waals surface area contributed by atoms with Crippen molar-refractivity contribution in [1.82, 2.24) is 19.6 Å². The maximum absolute atomic E-state index is 12.0. The minimum absolute atomic E-state index is 0. The molecule has 0 bridgehead atoms. The highest BCUT2D eigenvalue weighted by Gasteiger charge is 2.29. The second-order valence-corrected chi connectivity index (χ2v) is 8.32. The molecular weight excluding hydrogens is 427 g/mol. The van der Waals surface area contributed by atoms with Crippen LogP contribution >= 0.6 is 24.8 Å². The van der Waals surface area contributed by atoms with Crippen LogP contribution in [0.2, 0.25) is 0 Å². The van der Waals surface area contributed by atoms with Gasteiger partial charge in [-0.25, -0.2) is 0 Å². The summed E-state index contributed by atoms with van der Waals surface area (Å²) in [6.07, 6.45) is 2.43. The molecule has 3 aliphatic rings. The van der Waals surface area contributed by atoms with E-state index in [4.69, 9.17) is 9.47 Å². The lowest BCUT2D eigenvalue weighted by Crippen LogP contribution is -2.55. The van der Waals surface area contributed by atoms with Gasteiger partial charge in [0, 0.05) is 59.4 Å². The summed E-state index contributed by atoms with van der Waals surface area (Å²) in [5.41, 5.74) is 1.28. The third-order valence-electron chi connectivity index (χ3n) is 6.10. The van der Waals surface area contributed by atoms with Crippen LogP contribution in [-0.2, 0) is 11.3 Å². The van der Waals surface area contributed by atoms with E-state index in [1.54, 1.807) is 4.90 Å². The molecule has 1 atom stereocenters. The molecule has 1 unspecified atom stereocenters. The third-order valence-corrected chi connectivity index (χ3v) is 6.10. The second-order valence-electron chi connectivity index (χ2n) is 8.32. The van der Waals surface area contributed by atoms with E-state index < -0.39 is 0 Å². The molecule has 7 nitrogen and oxygen atoms in total. The molecule has 170 valence electrons. The largest absolute Gasteiger partial charge is 0.454 e. The van der Waals surface area contributed by atoms with Crippen LogP contribution < -0.4 is 9.47 Å². The highest BCUT2D eigenvalue weighted by Crippen LogP contribution is 2.33. The van der Waals surface area contributed by atoms with E-state index >= 15 is 0 Å². The Kier molecular flexibility index (Phi) is 9.50. The molecule has 30 heavy (non-hydrogen) atoms. The number of fused-ring (bicyclic) bond motifs is 1. The number of halogens is 2. The zero-order valence-electron chi connectivity index (χ0n) is 17.9. The van der Waals surface area contributed by atoms with Crippen LogP contribution in [0, 0.1) is 0 Å². The first kappa shape index (κ1) is 25.0. The number of likely N-dealkylation sites (N-methyl/N-ethyl adjacent to an activating group) is 1. The topological polar surface area (TPSA) is 48.5 Å². The van der Waals surface area contributed by atoms with Gasteiger partial charge >= 0.3 is 0 Å². The van der Waals surface area contributed by atoms with Gasteiger partial charge in [-0.3, -0.25) is 19.5 Å². The standard InChI is InChI=1S/C21H32N4O3.2ClH/c1-22(2)21(26)15-24-7-3-4-18(14-24)25-10-8-23(9-11-25)13-17-5-6-19-20(12-17)28-16-27-19;;/h5-6,12,18H,3-4,7-11,13-16H2,1-2H3;2*1H. The van der Waals surface area contributed by atoms with Gasteiger partial charge in [0.15, 0.2) is 11.5 Å². The van der Waals surface area contributed by atoms with Gasteiger partial charge in [-0.15, -0.1) is 24.8 Å². The van der Waals surface area contributed by atoms with Gasteiger partial charge in [-0.05, 0) is 37.1 Å². The molecule has 0 spiro atoms. The summed E-state index contributed by atoms with van der Waals surface area (Å²) >= 11 is 0. The summed E-state index contributed by atoms with van der Waals surface area (Å²) in [5, 5.41) is 0. The van der Waals surface area contributed by atoms with Crippen molar-refractivity contribution in [2.24, 2.45) is 0 Å². The van der Waals surface area contributed by atoms with E-state index in [2.05, 4.69) is 26.8 Å². The van der Waals surface area contributed by atoms with E-state index in [0.717, 1.165) is 57.3 Å². The monoisotopic (exact) mass is 460 g/mol. The molecule has 1 aromatic rings. The number of hydrogen-bond donors (Lipinski definition) is 0. The molecule has 1 amide bonds. The van der Waals surface area contributed by atoms with Crippen LogP contribution in [0.4, 0.5) is 0 Å². The molecule has 0 aliphatic carbocycles. The van der Waals surface area contributed by atoms with Crippen LogP contribution in [0.25, 0.3) is 0 Å². The maximum atomic E-state index is 12.0. The van der Waals surface area contributed by atoms with Crippen molar-refractivity contribution in [2.45, 2.75) is 25.4 Å². The first-order chi connectivity index (χ1) is 13.6. The molecule has 1 aromatic carbocycles. The molecule has 9 heteroatoms. The molecule has 0 N–H and O–H groups in total. The molecule has 4 rings (SSSR count). The van der Waals surface area contributed by atoms with Crippen molar-refractivity contribution in [3.05, 3.63) is 23.8 Å². The fraction of sp³-hybridized carbons (Fsp3) is 0.667. The minimum Gasteiger partial charge on any atom is -0.454 e. The first-order valence-electron chi connectivity index (χ1n) is 10.4. The van der Waals surface area contributed by atoms with Crippen LogP contribution in [0.1, 0.15) is 18.4 Å². The summed E-state index contributed by atoms with van der Waals surface area (Å²) in [4.78, 5) is 21.2. The number of nitrogens with zero attached hydrogens (tertiary/aromatic N) is 4. The van der Waals surface area contributed by atoms with E-state index in [1.807, 2.05) is 20.2 Å². The summed E-state index contributed by atoms with van der Waals surface area (Å²) in [5.74, 6) is 1.92. The van der Waals surface area contributed by atoms with Gasteiger partial charge in [0.05, 0.1) is 6.54 Å². The van der Waals surface area contributed by atoms with Crippen LogP contribution in [0.15, 0.2) is 18.2 Å². The molecule has 2 fully saturated rings. The van der Waals surface area contributed by atoms with Gasteiger partial charge in [0.25, 0.3) is 0 Å². The zero-order chi connectivity index (χ0) is 19.5. The third kappa shape index (κ3) is 6.14. The number of rotatable bonds is 5. The highest BCUT2D eigenvalue weighted by atomic mass is 35.5. The number of amides is 1. The van der Waals surface area contributed by atoms with Gasteiger partial charge < -0.3 is 14.4 Å². The number of ether oxygens (including phenoxy) is 2. The molecule has 0 aromatic heterocycles. The van der Waals surface area contributed by atoms with E-state index in [-0.39, 0.29) is 30.7 Å². The highest BCUT2D eigenvalue weighted by molar-refractivity contribution is 5.85. The predicted octanol–water partition coefficient (Wildman–Crippen LogP) is 1.93. The lowest BCUT2D eigenvalue weighted by Gasteiger charge is -2.43. The number of carbonyl (C=O) groups excluding carboxylic acids is 1. The van der Waals surface area contributed by atoms with Crippen molar-refractivity contribution in [1.29, 1.82) is 0 Å². The van der Waals surface area contributed by atoms with Crippen molar-refractivity contribution < 1.29 is 14.3 Å². The number of hydrogen-bond acceptors (Lipinski definition) is 6. The van der Waals surface area contributed by atoms with Gasteiger partial charge in [-0.2, -0.15) is 0 Å². The van der Waals surface area contributed by atoms with Crippen molar-refractivity contribution in [3.63, 3.8) is 0 Å². The summed E-state index contributed by atoms with van der Waals surface area (Å²) in [6.45, 7) is 8.27. The first-order valence-corrected chi connectivity index (χ1v) is 10.4.